The van der Waals surface area contributed by atoms with E-state index in [1.807, 2.05) is 31.2 Å². The first-order valence-electron chi connectivity index (χ1n) is 7.21. The van der Waals surface area contributed by atoms with Crippen LogP contribution in [0.15, 0.2) is 24.3 Å². The Hall–Kier alpha value is -1.88. The highest BCUT2D eigenvalue weighted by Gasteiger charge is 2.37. The van der Waals surface area contributed by atoms with E-state index in [1.54, 1.807) is 0 Å². The minimum atomic E-state index is -0.715. The molecule has 0 radical (unpaired) electrons. The fourth-order valence-corrected chi connectivity index (χ4v) is 2.81. The second-order valence-electron chi connectivity index (χ2n) is 6.06. The van der Waals surface area contributed by atoms with Gasteiger partial charge in [-0.15, -0.1) is 0 Å². The molecular formula is C16H22N2O3. The topological polar surface area (TPSA) is 69.6 Å². The number of carboxylic acids is 1. The molecule has 1 aromatic carbocycles. The third-order valence-electron chi connectivity index (χ3n) is 3.97. The summed E-state index contributed by atoms with van der Waals surface area (Å²) in [6.07, 6.45) is 1.65. The fraction of sp³-hybridized carbons (Fsp3) is 0.500. The smallest absolute Gasteiger partial charge is 0.310 e. The monoisotopic (exact) mass is 290 g/mol. The van der Waals surface area contributed by atoms with Gasteiger partial charge in [0.2, 0.25) is 5.91 Å². The lowest BCUT2D eigenvalue weighted by Gasteiger charge is -2.37. The minimum absolute atomic E-state index is 0.0870. The zero-order valence-corrected chi connectivity index (χ0v) is 12.6. The molecule has 114 valence electrons. The van der Waals surface area contributed by atoms with Crippen molar-refractivity contribution in [1.29, 1.82) is 0 Å². The van der Waals surface area contributed by atoms with Gasteiger partial charge in [-0.1, -0.05) is 12.1 Å². The maximum atomic E-state index is 11.4. The number of aliphatic carboxylic acids is 1. The van der Waals surface area contributed by atoms with Gasteiger partial charge < -0.3 is 10.4 Å². The van der Waals surface area contributed by atoms with E-state index >= 15 is 0 Å². The Balaban J connectivity index is 1.98. The van der Waals surface area contributed by atoms with Gasteiger partial charge >= 0.3 is 5.97 Å². The quantitative estimate of drug-likeness (QED) is 0.893. The lowest BCUT2D eigenvalue weighted by Crippen LogP contribution is -2.45. The van der Waals surface area contributed by atoms with Crippen molar-refractivity contribution in [2.24, 2.45) is 5.41 Å². The lowest BCUT2D eigenvalue weighted by atomic mass is 9.82. The molecule has 1 aromatic rings. The van der Waals surface area contributed by atoms with E-state index in [1.165, 1.54) is 6.92 Å². The molecule has 2 N–H and O–H groups in total. The summed E-state index contributed by atoms with van der Waals surface area (Å²) in [7, 11) is 0. The summed E-state index contributed by atoms with van der Waals surface area (Å²) in [5.41, 5.74) is 1.26. The lowest BCUT2D eigenvalue weighted by molar-refractivity contribution is -0.151. The first kappa shape index (κ1) is 15.5. The predicted octanol–water partition coefficient (Wildman–Crippen LogP) is 2.33. The van der Waals surface area contributed by atoms with E-state index in [0.717, 1.165) is 37.2 Å². The van der Waals surface area contributed by atoms with Gasteiger partial charge in [-0.25, -0.2) is 0 Å². The molecule has 21 heavy (non-hydrogen) atoms. The van der Waals surface area contributed by atoms with E-state index in [0.29, 0.717) is 6.54 Å². The summed E-state index contributed by atoms with van der Waals surface area (Å²) in [6, 6.07) is 7.68. The number of nitrogens with zero attached hydrogens (tertiary/aromatic N) is 1. The van der Waals surface area contributed by atoms with Gasteiger partial charge in [0.15, 0.2) is 0 Å². The molecule has 5 heteroatoms. The molecule has 1 amide bonds. The number of carboxylic acid groups (broad SMARTS) is 1. The van der Waals surface area contributed by atoms with Gasteiger partial charge in [0.25, 0.3) is 0 Å². The average molecular weight is 290 g/mol. The highest BCUT2D eigenvalue weighted by Crippen LogP contribution is 2.30. The average Bonchev–Trinajstić information content (AvgIpc) is 2.40. The van der Waals surface area contributed by atoms with Gasteiger partial charge in [0.1, 0.15) is 0 Å². The second kappa shape index (κ2) is 6.26. The van der Waals surface area contributed by atoms with Gasteiger partial charge in [-0.3, -0.25) is 14.5 Å². The van der Waals surface area contributed by atoms with E-state index in [-0.39, 0.29) is 5.91 Å². The molecule has 1 saturated heterocycles. The Morgan fingerprint density at radius 1 is 1.33 bits per heavy atom. The molecule has 1 atom stereocenters. The van der Waals surface area contributed by atoms with E-state index < -0.39 is 11.4 Å². The standard InChI is InChI=1S/C16H22N2O3/c1-12(19)17-14-6-4-13(5-7-14)10-18-9-3-8-16(2,11-18)15(20)21/h4-7H,3,8-11H2,1-2H3,(H,17,19)(H,20,21). The number of hydrogen-bond donors (Lipinski definition) is 2. The zero-order valence-electron chi connectivity index (χ0n) is 12.6. The Kier molecular flexibility index (Phi) is 4.63. The third-order valence-corrected chi connectivity index (χ3v) is 3.97. The number of hydrogen-bond acceptors (Lipinski definition) is 3. The molecule has 1 heterocycles. The molecule has 0 aromatic heterocycles. The van der Waals surface area contributed by atoms with Gasteiger partial charge in [-0.2, -0.15) is 0 Å². The zero-order chi connectivity index (χ0) is 15.5. The summed E-state index contributed by atoms with van der Waals surface area (Å²) in [5.74, 6) is -0.802. The SMILES string of the molecule is CC(=O)Nc1ccc(CN2CCCC(C)(C(=O)O)C2)cc1. The molecule has 1 unspecified atom stereocenters. The number of rotatable bonds is 4. The predicted molar refractivity (Wildman–Crippen MR) is 81.0 cm³/mol. The van der Waals surface area contributed by atoms with Crippen molar-refractivity contribution in [3.63, 3.8) is 0 Å². The van der Waals surface area contributed by atoms with Crippen LogP contribution in [0.5, 0.6) is 0 Å². The van der Waals surface area contributed by atoms with Crippen LogP contribution in [0.3, 0.4) is 0 Å². The number of likely N-dealkylation sites (tertiary alicyclic amines) is 1. The maximum Gasteiger partial charge on any atom is 0.310 e. The van der Waals surface area contributed by atoms with Crippen molar-refractivity contribution >= 4 is 17.6 Å². The number of carbonyl (C=O) groups is 2. The fourth-order valence-electron chi connectivity index (χ4n) is 2.81. The van der Waals surface area contributed by atoms with Crippen molar-refractivity contribution in [2.75, 3.05) is 18.4 Å². The first-order valence-corrected chi connectivity index (χ1v) is 7.21. The van der Waals surface area contributed by atoms with E-state index in [2.05, 4.69) is 10.2 Å². The second-order valence-corrected chi connectivity index (χ2v) is 6.06. The molecule has 1 aliphatic heterocycles. The highest BCUT2D eigenvalue weighted by molar-refractivity contribution is 5.88. The van der Waals surface area contributed by atoms with Gasteiger partial charge in [0.05, 0.1) is 5.41 Å². The highest BCUT2D eigenvalue weighted by atomic mass is 16.4. The van der Waals surface area contributed by atoms with Crippen LogP contribution in [-0.4, -0.2) is 35.0 Å². The van der Waals surface area contributed by atoms with E-state index in [4.69, 9.17) is 0 Å². The molecule has 2 rings (SSSR count). The molecule has 1 aliphatic rings. The number of benzene rings is 1. The normalized spacial score (nSPS) is 22.8. The number of anilines is 1. The van der Waals surface area contributed by atoms with Crippen LogP contribution in [0.2, 0.25) is 0 Å². The van der Waals surface area contributed by atoms with Crippen LogP contribution in [0.1, 0.15) is 32.3 Å². The van der Waals surface area contributed by atoms with Crippen LogP contribution in [0.4, 0.5) is 5.69 Å². The van der Waals surface area contributed by atoms with Crippen molar-refractivity contribution in [3.05, 3.63) is 29.8 Å². The molecule has 0 aliphatic carbocycles. The maximum absolute atomic E-state index is 11.4. The van der Waals surface area contributed by atoms with Crippen molar-refractivity contribution in [2.45, 2.75) is 33.2 Å². The Labute approximate surface area is 125 Å². The number of carbonyl (C=O) groups excluding carboxylic acids is 1. The van der Waals surface area contributed by atoms with Gasteiger partial charge in [-0.05, 0) is 44.0 Å². The Bertz CT molecular complexity index is 527. The molecule has 0 bridgehead atoms. The van der Waals surface area contributed by atoms with Crippen molar-refractivity contribution in [1.82, 2.24) is 4.90 Å². The Morgan fingerprint density at radius 3 is 2.57 bits per heavy atom. The summed E-state index contributed by atoms with van der Waals surface area (Å²) >= 11 is 0. The van der Waals surface area contributed by atoms with Crippen LogP contribution < -0.4 is 5.32 Å². The summed E-state index contributed by atoms with van der Waals surface area (Å²) in [6.45, 7) is 5.55. The molecule has 1 fully saturated rings. The number of piperidine rings is 1. The van der Waals surface area contributed by atoms with Crippen LogP contribution in [0.25, 0.3) is 0 Å². The summed E-state index contributed by atoms with van der Waals surface area (Å²) in [4.78, 5) is 24.5. The molecular weight excluding hydrogens is 268 g/mol. The van der Waals surface area contributed by atoms with Crippen LogP contribution >= 0.6 is 0 Å². The van der Waals surface area contributed by atoms with Gasteiger partial charge in [0, 0.05) is 25.7 Å². The molecule has 0 spiro atoms. The van der Waals surface area contributed by atoms with Crippen LogP contribution in [0, 0.1) is 5.41 Å². The number of nitrogens with one attached hydrogen (secondary N) is 1. The summed E-state index contributed by atoms with van der Waals surface area (Å²) in [5, 5.41) is 12.1. The van der Waals surface area contributed by atoms with Crippen LogP contribution in [-0.2, 0) is 16.1 Å². The largest absolute Gasteiger partial charge is 0.481 e. The van der Waals surface area contributed by atoms with E-state index in [9.17, 15) is 14.7 Å². The van der Waals surface area contributed by atoms with Crippen molar-refractivity contribution in [3.8, 4) is 0 Å². The first-order chi connectivity index (χ1) is 9.89. The third kappa shape index (κ3) is 4.04. The summed E-state index contributed by atoms with van der Waals surface area (Å²) < 4.78 is 0. The Morgan fingerprint density at radius 2 is 2.00 bits per heavy atom. The number of amides is 1. The molecule has 0 saturated carbocycles. The molecule has 5 nitrogen and oxygen atoms in total. The minimum Gasteiger partial charge on any atom is -0.481 e. The van der Waals surface area contributed by atoms with Crippen molar-refractivity contribution < 1.29 is 14.7 Å².